The highest BCUT2D eigenvalue weighted by molar-refractivity contribution is 6.28. The Kier molecular flexibility index (Phi) is 3.71. The van der Waals surface area contributed by atoms with E-state index in [-0.39, 0.29) is 24.0 Å². The second-order valence-corrected chi connectivity index (χ2v) is 6.17. The maximum Gasteiger partial charge on any atom is 0.250 e. The summed E-state index contributed by atoms with van der Waals surface area (Å²) in [4.78, 5) is 23.9. The van der Waals surface area contributed by atoms with Crippen molar-refractivity contribution in [1.29, 1.82) is 0 Å². The van der Waals surface area contributed by atoms with E-state index >= 15 is 0 Å². The number of aromatic nitrogens is 2. The van der Waals surface area contributed by atoms with E-state index in [4.69, 9.17) is 11.6 Å². The molecule has 22 heavy (non-hydrogen) atoms. The van der Waals surface area contributed by atoms with Crippen LogP contribution in [0.3, 0.4) is 0 Å². The number of rotatable bonds is 2. The molecule has 1 aliphatic carbocycles. The fourth-order valence-electron chi connectivity index (χ4n) is 3.34. The summed E-state index contributed by atoms with van der Waals surface area (Å²) >= 11 is 5.88. The number of amides is 1. The second-order valence-electron chi connectivity index (χ2n) is 5.83. The van der Waals surface area contributed by atoms with Gasteiger partial charge in [-0.05, 0) is 24.4 Å². The smallest absolute Gasteiger partial charge is 0.250 e. The van der Waals surface area contributed by atoms with Gasteiger partial charge in [-0.1, -0.05) is 6.92 Å². The van der Waals surface area contributed by atoms with Gasteiger partial charge in [0.1, 0.15) is 11.7 Å². The standard InChI is InChI=1S/C14H17ClF2N4O/c1-3-9-12(22)20(2)10-7-18-13(15)19-11(10)21(9)8-4-5-14(16,17)6-8/h7-9H,3-6H2,1-2H3/t8-,9+/m0/s1. The van der Waals surface area contributed by atoms with Gasteiger partial charge in [0, 0.05) is 25.9 Å². The molecule has 1 aromatic rings. The van der Waals surface area contributed by atoms with Crippen molar-refractivity contribution in [3.63, 3.8) is 0 Å². The molecule has 0 saturated heterocycles. The third kappa shape index (κ3) is 2.41. The SMILES string of the molecule is CC[C@@H]1C(=O)N(C)c2cnc(Cl)nc2N1[C@H]1CCC(F)(F)C1. The average Bonchev–Trinajstić information content (AvgIpc) is 2.82. The van der Waals surface area contributed by atoms with Crippen LogP contribution in [0.15, 0.2) is 6.20 Å². The summed E-state index contributed by atoms with van der Waals surface area (Å²) in [5.41, 5.74) is 0.509. The minimum absolute atomic E-state index is 0.0473. The quantitative estimate of drug-likeness (QED) is 0.782. The van der Waals surface area contributed by atoms with Crippen LogP contribution in [0.25, 0.3) is 0 Å². The molecule has 1 aliphatic heterocycles. The Labute approximate surface area is 132 Å². The summed E-state index contributed by atoms with van der Waals surface area (Å²) in [6.45, 7) is 1.87. The average molecular weight is 331 g/mol. The Morgan fingerprint density at radius 3 is 2.82 bits per heavy atom. The van der Waals surface area contributed by atoms with Gasteiger partial charge < -0.3 is 9.80 Å². The van der Waals surface area contributed by atoms with Crippen molar-refractivity contribution in [2.45, 2.75) is 50.6 Å². The lowest BCUT2D eigenvalue weighted by Gasteiger charge is -2.43. The number of alkyl halides is 2. The summed E-state index contributed by atoms with van der Waals surface area (Å²) < 4.78 is 27.3. The van der Waals surface area contributed by atoms with E-state index in [1.807, 2.05) is 6.92 Å². The molecule has 0 unspecified atom stereocenters. The summed E-state index contributed by atoms with van der Waals surface area (Å²) in [5, 5.41) is 0.0473. The minimum atomic E-state index is -2.69. The van der Waals surface area contributed by atoms with Crippen molar-refractivity contribution in [2.75, 3.05) is 16.8 Å². The zero-order valence-electron chi connectivity index (χ0n) is 12.4. The van der Waals surface area contributed by atoms with Gasteiger partial charge in [-0.2, -0.15) is 4.98 Å². The van der Waals surface area contributed by atoms with E-state index < -0.39 is 18.0 Å². The van der Waals surface area contributed by atoms with Crippen molar-refractivity contribution >= 4 is 29.0 Å². The van der Waals surface area contributed by atoms with E-state index in [0.717, 1.165) is 0 Å². The highest BCUT2D eigenvalue weighted by Gasteiger charge is 2.47. The van der Waals surface area contributed by atoms with Gasteiger partial charge in [-0.25, -0.2) is 13.8 Å². The first kappa shape index (κ1) is 15.4. The fraction of sp³-hybridized carbons (Fsp3) is 0.643. The van der Waals surface area contributed by atoms with Gasteiger partial charge >= 0.3 is 0 Å². The molecule has 1 aromatic heterocycles. The fourth-order valence-corrected chi connectivity index (χ4v) is 3.47. The lowest BCUT2D eigenvalue weighted by atomic mass is 10.0. The van der Waals surface area contributed by atoms with Crippen LogP contribution in [0.2, 0.25) is 5.28 Å². The van der Waals surface area contributed by atoms with Gasteiger partial charge in [-0.15, -0.1) is 0 Å². The van der Waals surface area contributed by atoms with E-state index in [1.54, 1.807) is 11.9 Å². The molecular formula is C14H17ClF2N4O. The van der Waals surface area contributed by atoms with E-state index in [2.05, 4.69) is 9.97 Å². The van der Waals surface area contributed by atoms with Crippen LogP contribution < -0.4 is 9.80 Å². The Hall–Kier alpha value is -1.50. The molecule has 1 fully saturated rings. The number of halogens is 3. The number of hydrogen-bond donors (Lipinski definition) is 0. The molecule has 0 radical (unpaired) electrons. The third-order valence-electron chi connectivity index (χ3n) is 4.44. The number of anilines is 2. The molecule has 120 valence electrons. The van der Waals surface area contributed by atoms with Gasteiger partial charge in [0.2, 0.25) is 17.1 Å². The molecule has 0 aromatic carbocycles. The summed E-state index contributed by atoms with van der Waals surface area (Å²) in [5.74, 6) is -2.35. The Morgan fingerprint density at radius 1 is 1.50 bits per heavy atom. The van der Waals surface area contributed by atoms with Crippen molar-refractivity contribution in [3.8, 4) is 0 Å². The first-order valence-electron chi connectivity index (χ1n) is 7.30. The summed E-state index contributed by atoms with van der Waals surface area (Å²) in [6, 6.07) is -0.912. The molecule has 1 amide bonds. The van der Waals surface area contributed by atoms with Crippen molar-refractivity contribution in [3.05, 3.63) is 11.5 Å². The number of fused-ring (bicyclic) bond motifs is 1. The number of hydrogen-bond acceptors (Lipinski definition) is 4. The molecule has 0 N–H and O–H groups in total. The topological polar surface area (TPSA) is 49.3 Å². The lowest BCUT2D eigenvalue weighted by Crippen LogP contribution is -2.55. The van der Waals surface area contributed by atoms with Crippen molar-refractivity contribution < 1.29 is 13.6 Å². The largest absolute Gasteiger partial charge is 0.339 e. The molecule has 0 bridgehead atoms. The first-order valence-corrected chi connectivity index (χ1v) is 7.68. The number of carbonyl (C=O) groups excluding carboxylic acids is 1. The normalized spacial score (nSPS) is 27.2. The highest BCUT2D eigenvalue weighted by Crippen LogP contribution is 2.43. The summed E-state index contributed by atoms with van der Waals surface area (Å²) in [7, 11) is 1.64. The van der Waals surface area contributed by atoms with Gasteiger partial charge in [0.25, 0.3) is 0 Å². The third-order valence-corrected chi connectivity index (χ3v) is 4.62. The maximum atomic E-state index is 13.6. The Bertz CT molecular complexity index is 613. The molecule has 2 aliphatic rings. The van der Waals surface area contributed by atoms with Crippen molar-refractivity contribution in [1.82, 2.24) is 9.97 Å². The van der Waals surface area contributed by atoms with Crippen LogP contribution in [0.5, 0.6) is 0 Å². The summed E-state index contributed by atoms with van der Waals surface area (Å²) in [6.07, 6.45) is 1.90. The van der Waals surface area contributed by atoms with E-state index in [1.165, 1.54) is 11.1 Å². The zero-order valence-corrected chi connectivity index (χ0v) is 13.1. The van der Waals surface area contributed by atoms with Crippen LogP contribution in [-0.4, -0.2) is 40.9 Å². The predicted octanol–water partition coefficient (Wildman–Crippen LogP) is 2.88. The second kappa shape index (κ2) is 5.30. The van der Waals surface area contributed by atoms with Crippen LogP contribution in [0.4, 0.5) is 20.3 Å². The van der Waals surface area contributed by atoms with Gasteiger partial charge in [-0.3, -0.25) is 4.79 Å². The molecule has 3 rings (SSSR count). The molecule has 8 heteroatoms. The molecule has 1 saturated carbocycles. The molecule has 5 nitrogen and oxygen atoms in total. The van der Waals surface area contributed by atoms with Gasteiger partial charge in [0.05, 0.1) is 6.20 Å². The molecule has 2 atom stereocenters. The zero-order chi connectivity index (χ0) is 16.1. The molecule has 0 spiro atoms. The van der Waals surface area contributed by atoms with Crippen molar-refractivity contribution in [2.24, 2.45) is 0 Å². The Balaban J connectivity index is 2.07. The predicted molar refractivity (Wildman–Crippen MR) is 79.6 cm³/mol. The maximum absolute atomic E-state index is 13.6. The first-order chi connectivity index (χ1) is 10.3. The minimum Gasteiger partial charge on any atom is -0.339 e. The van der Waals surface area contributed by atoms with Crippen LogP contribution in [0, 0.1) is 0 Å². The monoisotopic (exact) mass is 330 g/mol. The molecular weight excluding hydrogens is 314 g/mol. The lowest BCUT2D eigenvalue weighted by molar-refractivity contribution is -0.120. The van der Waals surface area contributed by atoms with Crippen LogP contribution >= 0.6 is 11.6 Å². The Morgan fingerprint density at radius 2 is 2.23 bits per heavy atom. The van der Waals surface area contributed by atoms with Gasteiger partial charge in [0.15, 0.2) is 5.82 Å². The van der Waals surface area contributed by atoms with Crippen LogP contribution in [0.1, 0.15) is 32.6 Å². The van der Waals surface area contributed by atoms with E-state index in [0.29, 0.717) is 24.3 Å². The number of likely N-dealkylation sites (N-methyl/N-ethyl adjacent to an activating group) is 1. The number of carbonyl (C=O) groups is 1. The number of nitrogens with zero attached hydrogens (tertiary/aromatic N) is 4. The molecule has 2 heterocycles. The highest BCUT2D eigenvalue weighted by atomic mass is 35.5. The van der Waals surface area contributed by atoms with Crippen LogP contribution in [-0.2, 0) is 4.79 Å². The van der Waals surface area contributed by atoms with E-state index in [9.17, 15) is 13.6 Å².